The summed E-state index contributed by atoms with van der Waals surface area (Å²) < 4.78 is 5.21. The van der Waals surface area contributed by atoms with Crippen molar-refractivity contribution >= 4 is 11.8 Å². The number of imide groups is 1. The van der Waals surface area contributed by atoms with E-state index in [1.807, 2.05) is 36.4 Å². The van der Waals surface area contributed by atoms with Gasteiger partial charge in [-0.2, -0.15) is 0 Å². The molecule has 1 aromatic carbocycles. The first-order valence-corrected chi connectivity index (χ1v) is 9.04. The molecule has 2 atom stereocenters. The van der Waals surface area contributed by atoms with Gasteiger partial charge in [0.2, 0.25) is 11.8 Å². The van der Waals surface area contributed by atoms with Crippen LogP contribution in [0.1, 0.15) is 31.2 Å². The molecule has 0 N–H and O–H groups in total. The molecule has 2 fully saturated rings. The third kappa shape index (κ3) is 3.21. The number of benzene rings is 1. The predicted octanol–water partition coefficient (Wildman–Crippen LogP) is 2.57. The Hall–Kier alpha value is -2.14. The number of allylic oxidation sites excluding steroid dienone is 2. The zero-order valence-electron chi connectivity index (χ0n) is 14.6. The molecule has 0 radical (unpaired) electrons. The third-order valence-electron chi connectivity index (χ3n) is 5.53. The average Bonchev–Trinajstić information content (AvgIpc) is 3.46. The molecule has 0 bridgehead atoms. The van der Waals surface area contributed by atoms with Crippen LogP contribution < -0.4 is 4.74 Å². The standard InChI is InChI=1S/C20H24N2O3/c1-25-16-10-6-14(7-11-16)12-21(15-8-9-15)13-22-19(23)17-4-2-3-5-18(17)20(22)24/h2-3,6-7,10-11,15,17-18H,4-5,8-9,12-13H2,1H3/t17-,18-/m1/s1. The van der Waals surface area contributed by atoms with Crippen LogP contribution in [0.4, 0.5) is 0 Å². The molecule has 1 saturated heterocycles. The number of rotatable bonds is 6. The Labute approximate surface area is 148 Å². The molecule has 132 valence electrons. The molecule has 0 unspecified atom stereocenters. The summed E-state index contributed by atoms with van der Waals surface area (Å²) in [5.74, 6) is 0.585. The van der Waals surface area contributed by atoms with Gasteiger partial charge in [-0.15, -0.1) is 0 Å². The van der Waals surface area contributed by atoms with E-state index in [1.165, 1.54) is 10.5 Å². The minimum atomic E-state index is -0.139. The van der Waals surface area contributed by atoms with Crippen LogP contribution in [0.2, 0.25) is 0 Å². The molecule has 25 heavy (non-hydrogen) atoms. The van der Waals surface area contributed by atoms with Crippen LogP contribution >= 0.6 is 0 Å². The van der Waals surface area contributed by atoms with Crippen LogP contribution in [-0.2, 0) is 16.1 Å². The SMILES string of the molecule is COc1ccc(CN(CN2C(=O)[C@@H]3CC=CC[C@H]3C2=O)C2CC2)cc1. The Morgan fingerprint density at radius 2 is 1.64 bits per heavy atom. The first-order chi connectivity index (χ1) is 12.2. The largest absolute Gasteiger partial charge is 0.497 e. The van der Waals surface area contributed by atoms with E-state index in [1.54, 1.807) is 7.11 Å². The fraction of sp³-hybridized carbons (Fsp3) is 0.500. The molecule has 2 amide bonds. The van der Waals surface area contributed by atoms with Gasteiger partial charge >= 0.3 is 0 Å². The van der Waals surface area contributed by atoms with E-state index in [-0.39, 0.29) is 23.7 Å². The second-order valence-corrected chi connectivity index (χ2v) is 7.23. The van der Waals surface area contributed by atoms with E-state index in [2.05, 4.69) is 4.90 Å². The number of nitrogens with zero attached hydrogens (tertiary/aromatic N) is 2. The monoisotopic (exact) mass is 340 g/mol. The molecule has 2 aliphatic carbocycles. The molecule has 1 aliphatic heterocycles. The number of hydrogen-bond donors (Lipinski definition) is 0. The van der Waals surface area contributed by atoms with Crippen molar-refractivity contribution in [1.82, 2.24) is 9.80 Å². The van der Waals surface area contributed by atoms with Gasteiger partial charge in [0.25, 0.3) is 0 Å². The van der Waals surface area contributed by atoms with Gasteiger partial charge < -0.3 is 4.74 Å². The highest BCUT2D eigenvalue weighted by Crippen LogP contribution is 2.36. The van der Waals surface area contributed by atoms with Crippen molar-refractivity contribution in [2.75, 3.05) is 13.8 Å². The lowest BCUT2D eigenvalue weighted by molar-refractivity contribution is -0.142. The van der Waals surface area contributed by atoms with Gasteiger partial charge in [-0.25, -0.2) is 0 Å². The third-order valence-corrected chi connectivity index (χ3v) is 5.53. The molecule has 5 nitrogen and oxygen atoms in total. The number of carbonyl (C=O) groups is 2. The number of fused-ring (bicyclic) bond motifs is 1. The molecule has 0 spiro atoms. The van der Waals surface area contributed by atoms with Gasteiger partial charge in [0.15, 0.2) is 0 Å². The van der Waals surface area contributed by atoms with Gasteiger partial charge in [0.05, 0.1) is 25.6 Å². The van der Waals surface area contributed by atoms with Crippen molar-refractivity contribution in [3.8, 4) is 5.75 Å². The van der Waals surface area contributed by atoms with Crippen LogP contribution in [0.15, 0.2) is 36.4 Å². The summed E-state index contributed by atoms with van der Waals surface area (Å²) in [6.45, 7) is 1.17. The summed E-state index contributed by atoms with van der Waals surface area (Å²) in [5, 5.41) is 0. The Kier molecular flexibility index (Phi) is 4.34. The zero-order chi connectivity index (χ0) is 17.4. The lowest BCUT2D eigenvalue weighted by atomic mass is 9.85. The van der Waals surface area contributed by atoms with E-state index in [0.29, 0.717) is 25.6 Å². The summed E-state index contributed by atoms with van der Waals surface area (Å²) in [6, 6.07) is 8.47. The normalized spacial score (nSPS) is 25.6. The Balaban J connectivity index is 1.46. The van der Waals surface area contributed by atoms with Crippen LogP contribution in [0.3, 0.4) is 0 Å². The summed E-state index contributed by atoms with van der Waals surface area (Å²) >= 11 is 0. The van der Waals surface area contributed by atoms with Crippen molar-refractivity contribution in [2.24, 2.45) is 11.8 Å². The molecule has 1 heterocycles. The Morgan fingerprint density at radius 3 is 2.16 bits per heavy atom. The number of methoxy groups -OCH3 is 1. The molecule has 5 heteroatoms. The number of hydrogen-bond acceptors (Lipinski definition) is 4. The van der Waals surface area contributed by atoms with Gasteiger partial charge in [0.1, 0.15) is 5.75 Å². The van der Waals surface area contributed by atoms with Crippen molar-refractivity contribution < 1.29 is 14.3 Å². The average molecular weight is 340 g/mol. The van der Waals surface area contributed by atoms with E-state index < -0.39 is 0 Å². The first kappa shape index (κ1) is 16.3. The summed E-state index contributed by atoms with van der Waals surface area (Å²) in [5.41, 5.74) is 1.17. The van der Waals surface area contributed by atoms with Crippen LogP contribution in [0.5, 0.6) is 5.75 Å². The maximum atomic E-state index is 12.7. The predicted molar refractivity (Wildman–Crippen MR) is 93.6 cm³/mol. The highest BCUT2D eigenvalue weighted by molar-refractivity contribution is 6.05. The van der Waals surface area contributed by atoms with Gasteiger partial charge in [-0.1, -0.05) is 24.3 Å². The quantitative estimate of drug-likeness (QED) is 0.590. The van der Waals surface area contributed by atoms with E-state index in [0.717, 1.165) is 25.1 Å². The topological polar surface area (TPSA) is 49.9 Å². The maximum Gasteiger partial charge on any atom is 0.234 e. The maximum absolute atomic E-state index is 12.7. The highest BCUT2D eigenvalue weighted by atomic mass is 16.5. The van der Waals surface area contributed by atoms with Crippen molar-refractivity contribution in [1.29, 1.82) is 0 Å². The Morgan fingerprint density at radius 1 is 1.04 bits per heavy atom. The molecular weight excluding hydrogens is 316 g/mol. The van der Waals surface area contributed by atoms with Crippen molar-refractivity contribution in [3.63, 3.8) is 0 Å². The smallest absolute Gasteiger partial charge is 0.234 e. The van der Waals surface area contributed by atoms with Crippen molar-refractivity contribution in [3.05, 3.63) is 42.0 Å². The minimum absolute atomic E-state index is 0.0136. The van der Waals surface area contributed by atoms with E-state index in [9.17, 15) is 9.59 Å². The van der Waals surface area contributed by atoms with Crippen molar-refractivity contribution in [2.45, 2.75) is 38.3 Å². The number of amides is 2. The summed E-state index contributed by atoms with van der Waals surface area (Å²) in [7, 11) is 1.66. The fourth-order valence-corrected chi connectivity index (χ4v) is 3.89. The summed E-state index contributed by atoms with van der Waals surface area (Å²) in [4.78, 5) is 29.2. The molecule has 1 aromatic rings. The number of carbonyl (C=O) groups excluding carboxylic acids is 2. The molecule has 0 aromatic heterocycles. The van der Waals surface area contributed by atoms with E-state index >= 15 is 0 Å². The van der Waals surface area contributed by atoms with Crippen LogP contribution in [0.25, 0.3) is 0 Å². The second-order valence-electron chi connectivity index (χ2n) is 7.23. The second kappa shape index (κ2) is 6.64. The minimum Gasteiger partial charge on any atom is -0.497 e. The summed E-state index contributed by atoms with van der Waals surface area (Å²) in [6.07, 6.45) is 7.75. The van der Waals surface area contributed by atoms with Gasteiger partial charge in [-0.05, 0) is 43.4 Å². The lowest BCUT2D eigenvalue weighted by Crippen LogP contribution is -2.42. The molecule has 1 saturated carbocycles. The number of likely N-dealkylation sites (tertiary alicyclic amines) is 1. The zero-order valence-corrected chi connectivity index (χ0v) is 14.6. The van der Waals surface area contributed by atoms with Crippen LogP contribution in [-0.4, -0.2) is 41.4 Å². The molecular formula is C20H24N2O3. The fourth-order valence-electron chi connectivity index (χ4n) is 3.89. The number of ether oxygens (including phenoxy) is 1. The van der Waals surface area contributed by atoms with E-state index in [4.69, 9.17) is 4.74 Å². The van der Waals surface area contributed by atoms with Crippen LogP contribution in [0, 0.1) is 11.8 Å². The molecule has 4 rings (SSSR count). The Bertz CT molecular complexity index is 667. The lowest BCUT2D eigenvalue weighted by Gasteiger charge is -2.27. The first-order valence-electron chi connectivity index (χ1n) is 9.04. The highest BCUT2D eigenvalue weighted by Gasteiger charge is 2.48. The van der Waals surface area contributed by atoms with Gasteiger partial charge in [0, 0.05) is 12.6 Å². The van der Waals surface area contributed by atoms with Gasteiger partial charge in [-0.3, -0.25) is 19.4 Å². The molecule has 3 aliphatic rings.